The third kappa shape index (κ3) is 3.48. The van der Waals surface area contributed by atoms with Gasteiger partial charge in [-0.2, -0.15) is 0 Å². The Morgan fingerprint density at radius 2 is 2.25 bits per heavy atom. The molecule has 0 aromatic carbocycles. The fraction of sp³-hybridized carbons (Fsp3) is 0.467. The van der Waals surface area contributed by atoms with Gasteiger partial charge >= 0.3 is 0 Å². The molecule has 0 unspecified atom stereocenters. The van der Waals surface area contributed by atoms with E-state index in [0.717, 1.165) is 13.0 Å². The molecule has 2 aromatic heterocycles. The van der Waals surface area contributed by atoms with Crippen LogP contribution in [0.3, 0.4) is 0 Å². The van der Waals surface area contributed by atoms with E-state index < -0.39 is 0 Å². The van der Waals surface area contributed by atoms with E-state index in [1.807, 2.05) is 0 Å². The Labute approximate surface area is 123 Å². The molecule has 4 nitrogen and oxygen atoms in total. The first kappa shape index (κ1) is 14.8. The fourth-order valence-corrected chi connectivity index (χ4v) is 3.02. The Hall–Kier alpha value is -1.62. The lowest BCUT2D eigenvalue weighted by Crippen LogP contribution is -2.25. The Bertz CT molecular complexity index is 616. The molecule has 0 aliphatic carbocycles. The third-order valence-electron chi connectivity index (χ3n) is 3.11. The number of hydrogen-bond donors (Lipinski definition) is 1. The number of aryl methyl sites for hydroxylation is 1. The van der Waals surface area contributed by atoms with Crippen LogP contribution in [-0.4, -0.2) is 9.55 Å². The third-order valence-corrected chi connectivity index (χ3v) is 4.07. The molecule has 2 rings (SSSR count). The normalized spacial score (nSPS) is 11.0. The van der Waals surface area contributed by atoms with Crippen molar-refractivity contribution in [2.45, 2.75) is 40.3 Å². The fourth-order valence-electron chi connectivity index (χ4n) is 2.11. The maximum Gasteiger partial charge on any atom is 0.293 e. The summed E-state index contributed by atoms with van der Waals surface area (Å²) in [5.41, 5.74) is 1.29. The van der Waals surface area contributed by atoms with Crippen molar-refractivity contribution in [1.82, 2.24) is 9.55 Å². The van der Waals surface area contributed by atoms with Crippen molar-refractivity contribution in [2.24, 2.45) is 5.92 Å². The first-order valence-corrected chi connectivity index (χ1v) is 7.84. The van der Waals surface area contributed by atoms with Crippen molar-refractivity contribution < 1.29 is 0 Å². The van der Waals surface area contributed by atoms with Gasteiger partial charge in [0.1, 0.15) is 0 Å². The number of rotatable bonds is 6. The van der Waals surface area contributed by atoms with Crippen LogP contribution in [0.25, 0.3) is 0 Å². The average molecular weight is 291 g/mol. The first-order chi connectivity index (χ1) is 9.61. The number of aromatic nitrogens is 2. The summed E-state index contributed by atoms with van der Waals surface area (Å²) in [5.74, 6) is 0.871. The SMILES string of the molecule is CCc1ccsc1CNc1nccn(CC(C)C)c1=O. The van der Waals surface area contributed by atoms with E-state index >= 15 is 0 Å². The second-order valence-electron chi connectivity index (χ2n) is 5.20. The molecule has 0 atom stereocenters. The quantitative estimate of drug-likeness (QED) is 0.889. The molecular formula is C15H21N3OS. The minimum absolute atomic E-state index is 0.0456. The molecule has 0 fully saturated rings. The van der Waals surface area contributed by atoms with Crippen molar-refractivity contribution in [1.29, 1.82) is 0 Å². The molecule has 0 amide bonds. The van der Waals surface area contributed by atoms with Gasteiger partial charge < -0.3 is 9.88 Å². The molecule has 0 aliphatic rings. The average Bonchev–Trinajstić information content (AvgIpc) is 2.86. The van der Waals surface area contributed by atoms with Crippen molar-refractivity contribution in [2.75, 3.05) is 5.32 Å². The molecule has 2 aromatic rings. The van der Waals surface area contributed by atoms with Gasteiger partial charge in [0.15, 0.2) is 5.82 Å². The van der Waals surface area contributed by atoms with Crippen molar-refractivity contribution >= 4 is 17.2 Å². The lowest BCUT2D eigenvalue weighted by Gasteiger charge is -2.10. The minimum atomic E-state index is -0.0456. The summed E-state index contributed by atoms with van der Waals surface area (Å²) in [6.45, 7) is 7.71. The predicted octanol–water partition coefficient (Wildman–Crippen LogP) is 3.14. The summed E-state index contributed by atoms with van der Waals surface area (Å²) in [4.78, 5) is 17.7. The van der Waals surface area contributed by atoms with E-state index in [9.17, 15) is 4.79 Å². The topological polar surface area (TPSA) is 46.9 Å². The summed E-state index contributed by atoms with van der Waals surface area (Å²) < 4.78 is 1.72. The van der Waals surface area contributed by atoms with Gasteiger partial charge in [0.05, 0.1) is 6.54 Å². The van der Waals surface area contributed by atoms with Crippen LogP contribution < -0.4 is 10.9 Å². The second kappa shape index (κ2) is 6.70. The highest BCUT2D eigenvalue weighted by Gasteiger charge is 2.07. The van der Waals surface area contributed by atoms with Gasteiger partial charge in [-0.1, -0.05) is 20.8 Å². The zero-order valence-electron chi connectivity index (χ0n) is 12.2. The van der Waals surface area contributed by atoms with Crippen LogP contribution in [-0.2, 0) is 19.5 Å². The first-order valence-electron chi connectivity index (χ1n) is 6.96. The smallest absolute Gasteiger partial charge is 0.293 e. The highest BCUT2D eigenvalue weighted by atomic mass is 32.1. The van der Waals surface area contributed by atoms with E-state index in [0.29, 0.717) is 18.3 Å². The maximum atomic E-state index is 12.3. The molecule has 1 N–H and O–H groups in total. The minimum Gasteiger partial charge on any atom is -0.361 e. The molecule has 0 spiro atoms. The second-order valence-corrected chi connectivity index (χ2v) is 6.20. The summed E-state index contributed by atoms with van der Waals surface area (Å²) in [5, 5.41) is 5.26. The molecule has 0 radical (unpaired) electrons. The van der Waals surface area contributed by atoms with Gasteiger partial charge in [0.2, 0.25) is 0 Å². The Balaban J connectivity index is 2.12. The van der Waals surface area contributed by atoms with E-state index in [4.69, 9.17) is 0 Å². The van der Waals surface area contributed by atoms with Crippen molar-refractivity contribution in [3.8, 4) is 0 Å². The van der Waals surface area contributed by atoms with E-state index in [-0.39, 0.29) is 5.56 Å². The van der Waals surface area contributed by atoms with E-state index in [1.54, 1.807) is 28.3 Å². The number of hydrogen-bond acceptors (Lipinski definition) is 4. The number of nitrogens with one attached hydrogen (secondary N) is 1. The summed E-state index contributed by atoms with van der Waals surface area (Å²) in [7, 11) is 0. The largest absolute Gasteiger partial charge is 0.361 e. The summed E-state index contributed by atoms with van der Waals surface area (Å²) in [6.07, 6.45) is 4.44. The molecule has 5 heteroatoms. The lowest BCUT2D eigenvalue weighted by atomic mass is 10.2. The molecule has 2 heterocycles. The zero-order valence-corrected chi connectivity index (χ0v) is 13.0. The van der Waals surface area contributed by atoms with Gasteiger partial charge in [-0.05, 0) is 29.3 Å². The van der Waals surface area contributed by atoms with Crippen LogP contribution in [0, 0.1) is 5.92 Å². The van der Waals surface area contributed by atoms with Crippen LogP contribution in [0.5, 0.6) is 0 Å². The van der Waals surface area contributed by atoms with Crippen LogP contribution in [0.15, 0.2) is 28.6 Å². The van der Waals surface area contributed by atoms with Crippen molar-refractivity contribution in [3.63, 3.8) is 0 Å². The van der Waals surface area contributed by atoms with Crippen molar-refractivity contribution in [3.05, 3.63) is 44.6 Å². The van der Waals surface area contributed by atoms with Crippen LogP contribution in [0.4, 0.5) is 5.82 Å². The van der Waals surface area contributed by atoms with Gasteiger partial charge in [0.25, 0.3) is 5.56 Å². The zero-order chi connectivity index (χ0) is 14.5. The highest BCUT2D eigenvalue weighted by molar-refractivity contribution is 7.10. The Morgan fingerprint density at radius 3 is 2.95 bits per heavy atom. The van der Waals surface area contributed by atoms with Gasteiger partial charge in [-0.25, -0.2) is 4.98 Å². The van der Waals surface area contributed by atoms with Crippen LogP contribution in [0.2, 0.25) is 0 Å². The van der Waals surface area contributed by atoms with Gasteiger partial charge in [-0.3, -0.25) is 4.79 Å². The highest BCUT2D eigenvalue weighted by Crippen LogP contribution is 2.18. The molecule has 108 valence electrons. The maximum absolute atomic E-state index is 12.3. The molecule has 0 saturated carbocycles. The number of thiophene rings is 1. The van der Waals surface area contributed by atoms with Crippen LogP contribution in [0.1, 0.15) is 31.2 Å². The Morgan fingerprint density at radius 1 is 1.45 bits per heavy atom. The van der Waals surface area contributed by atoms with Gasteiger partial charge in [-0.15, -0.1) is 11.3 Å². The lowest BCUT2D eigenvalue weighted by molar-refractivity contribution is 0.509. The Kier molecular flexibility index (Phi) is 4.95. The number of anilines is 1. The summed E-state index contributed by atoms with van der Waals surface area (Å²) >= 11 is 1.71. The van der Waals surface area contributed by atoms with E-state index in [2.05, 4.69) is 42.5 Å². The van der Waals surface area contributed by atoms with Crippen LogP contribution >= 0.6 is 11.3 Å². The molecule has 0 aliphatic heterocycles. The molecule has 0 saturated heterocycles. The number of nitrogens with zero attached hydrogens (tertiary/aromatic N) is 2. The molecule has 20 heavy (non-hydrogen) atoms. The molecular weight excluding hydrogens is 270 g/mol. The monoisotopic (exact) mass is 291 g/mol. The van der Waals surface area contributed by atoms with Gasteiger partial charge in [0, 0.05) is 23.8 Å². The van der Waals surface area contributed by atoms with E-state index in [1.165, 1.54) is 10.4 Å². The summed E-state index contributed by atoms with van der Waals surface area (Å²) in [6, 6.07) is 2.14. The predicted molar refractivity (Wildman–Crippen MR) is 84.4 cm³/mol. The molecule has 0 bridgehead atoms. The standard InChI is InChI=1S/C15H21N3OS/c1-4-12-5-8-20-13(12)9-17-14-15(19)18(7-6-16-14)10-11(2)3/h5-8,11H,4,9-10H2,1-3H3,(H,16,17).